The Morgan fingerprint density at radius 2 is 1.72 bits per heavy atom. The maximum atomic E-state index is 12.7. The van der Waals surface area contributed by atoms with Gasteiger partial charge in [0.1, 0.15) is 11.5 Å². The fourth-order valence-electron chi connectivity index (χ4n) is 2.79. The predicted molar refractivity (Wildman–Crippen MR) is 117 cm³/mol. The van der Waals surface area contributed by atoms with Crippen molar-refractivity contribution in [2.45, 2.75) is 0 Å². The van der Waals surface area contributed by atoms with Gasteiger partial charge in [-0.25, -0.2) is 5.43 Å². The van der Waals surface area contributed by atoms with Gasteiger partial charge in [-0.05, 0) is 30.3 Å². The minimum atomic E-state index is -0.637. The Morgan fingerprint density at radius 3 is 2.44 bits per heavy atom. The Kier molecular flexibility index (Phi) is 6.76. The van der Waals surface area contributed by atoms with Crippen molar-refractivity contribution in [2.24, 2.45) is 5.10 Å². The molecule has 0 aromatic heterocycles. The highest BCUT2D eigenvalue weighted by Crippen LogP contribution is 2.22. The number of phenolic OH excluding ortho intramolecular Hbond substituents is 1. The van der Waals surface area contributed by atoms with Crippen LogP contribution in [0.5, 0.6) is 11.5 Å². The lowest BCUT2D eigenvalue weighted by molar-refractivity contribution is -0.384. The molecule has 0 aliphatic heterocycles. The number of methoxy groups -OCH3 is 1. The molecule has 0 fully saturated rings. The van der Waals surface area contributed by atoms with E-state index in [2.05, 4.69) is 15.8 Å². The molecule has 0 atom stereocenters. The van der Waals surface area contributed by atoms with Crippen LogP contribution in [-0.2, 0) is 0 Å². The summed E-state index contributed by atoms with van der Waals surface area (Å²) >= 11 is 0. The van der Waals surface area contributed by atoms with E-state index in [0.29, 0.717) is 11.3 Å². The highest BCUT2D eigenvalue weighted by molar-refractivity contribution is 6.10. The number of ether oxygens (including phenoxy) is 1. The van der Waals surface area contributed by atoms with Gasteiger partial charge in [-0.15, -0.1) is 0 Å². The third kappa shape index (κ3) is 5.05. The molecule has 10 heteroatoms. The summed E-state index contributed by atoms with van der Waals surface area (Å²) in [5.74, 6) is -0.957. The largest absolute Gasteiger partial charge is 0.507 e. The Balaban J connectivity index is 1.76. The number of nitro groups is 1. The molecule has 0 aliphatic carbocycles. The summed E-state index contributed by atoms with van der Waals surface area (Å²) in [7, 11) is 1.45. The van der Waals surface area contributed by atoms with Crippen LogP contribution in [-0.4, -0.2) is 35.2 Å². The number of para-hydroxylation sites is 2. The number of nitrogens with zero attached hydrogens (tertiary/aromatic N) is 2. The molecule has 10 nitrogen and oxygen atoms in total. The Bertz CT molecular complexity index is 1210. The van der Waals surface area contributed by atoms with E-state index in [1.165, 1.54) is 13.2 Å². The number of anilines is 1. The first-order valence-electron chi connectivity index (χ1n) is 9.25. The molecule has 0 heterocycles. The zero-order chi connectivity index (χ0) is 23.1. The molecule has 0 radical (unpaired) electrons. The predicted octanol–water partition coefficient (Wildman–Crippen LogP) is 3.33. The van der Waals surface area contributed by atoms with Gasteiger partial charge in [0.05, 0.1) is 35.1 Å². The number of rotatable bonds is 7. The number of carbonyl (C=O) groups is 2. The minimum absolute atomic E-state index is 0.0530. The van der Waals surface area contributed by atoms with Crippen LogP contribution in [0, 0.1) is 10.1 Å². The minimum Gasteiger partial charge on any atom is -0.507 e. The molecule has 3 N–H and O–H groups in total. The van der Waals surface area contributed by atoms with Crippen LogP contribution in [0.2, 0.25) is 0 Å². The quantitative estimate of drug-likeness (QED) is 0.296. The van der Waals surface area contributed by atoms with Crippen LogP contribution in [0.3, 0.4) is 0 Å². The Labute approximate surface area is 182 Å². The molecule has 0 saturated heterocycles. The topological polar surface area (TPSA) is 143 Å². The number of aromatic hydroxyl groups is 1. The first-order chi connectivity index (χ1) is 15.4. The lowest BCUT2D eigenvalue weighted by Gasteiger charge is -2.12. The van der Waals surface area contributed by atoms with E-state index in [9.17, 15) is 24.8 Å². The molecule has 2 amide bonds. The number of hydrogen-bond acceptors (Lipinski definition) is 7. The molecule has 0 unspecified atom stereocenters. The highest BCUT2D eigenvalue weighted by Gasteiger charge is 2.16. The maximum absolute atomic E-state index is 12.7. The Hall–Kier alpha value is -4.73. The normalized spacial score (nSPS) is 10.5. The summed E-state index contributed by atoms with van der Waals surface area (Å²) in [4.78, 5) is 35.5. The van der Waals surface area contributed by atoms with Gasteiger partial charge in [-0.2, -0.15) is 5.10 Å². The van der Waals surface area contributed by atoms with E-state index >= 15 is 0 Å². The molecule has 0 spiro atoms. The van der Waals surface area contributed by atoms with Crippen molar-refractivity contribution < 1.29 is 24.4 Å². The van der Waals surface area contributed by atoms with Crippen LogP contribution in [0.1, 0.15) is 26.3 Å². The summed E-state index contributed by atoms with van der Waals surface area (Å²) < 4.78 is 5.19. The summed E-state index contributed by atoms with van der Waals surface area (Å²) in [6.07, 6.45) is 1.08. The number of carbonyl (C=O) groups excluding carboxylic acids is 2. The van der Waals surface area contributed by atoms with Crippen molar-refractivity contribution in [1.29, 1.82) is 0 Å². The second-order valence-electron chi connectivity index (χ2n) is 6.40. The summed E-state index contributed by atoms with van der Waals surface area (Å²) in [6, 6.07) is 16.4. The first-order valence-corrected chi connectivity index (χ1v) is 9.25. The second-order valence-corrected chi connectivity index (χ2v) is 6.40. The molecular formula is C22H18N4O6. The average Bonchev–Trinajstić information content (AvgIpc) is 2.80. The number of hydrogen-bond donors (Lipinski definition) is 3. The van der Waals surface area contributed by atoms with Crippen LogP contribution in [0.25, 0.3) is 0 Å². The number of benzene rings is 3. The van der Waals surface area contributed by atoms with E-state index < -0.39 is 16.7 Å². The van der Waals surface area contributed by atoms with Crippen LogP contribution >= 0.6 is 0 Å². The molecule has 3 aromatic rings. The molecule has 0 saturated carbocycles. The summed E-state index contributed by atoms with van der Waals surface area (Å²) in [5, 5.41) is 27.1. The van der Waals surface area contributed by atoms with Gasteiger partial charge in [0.2, 0.25) is 0 Å². The highest BCUT2D eigenvalue weighted by atomic mass is 16.6. The number of nitro benzene ring substituents is 1. The van der Waals surface area contributed by atoms with Crippen LogP contribution in [0.15, 0.2) is 71.8 Å². The fraction of sp³-hybridized carbons (Fsp3) is 0.0455. The summed E-state index contributed by atoms with van der Waals surface area (Å²) in [6.45, 7) is 0. The van der Waals surface area contributed by atoms with Crippen molar-refractivity contribution in [1.82, 2.24) is 5.43 Å². The third-order valence-electron chi connectivity index (χ3n) is 4.36. The Morgan fingerprint density at radius 1 is 1.03 bits per heavy atom. The van der Waals surface area contributed by atoms with Crippen LogP contribution in [0.4, 0.5) is 11.4 Å². The monoisotopic (exact) mass is 434 g/mol. The van der Waals surface area contributed by atoms with Gasteiger partial charge < -0.3 is 15.2 Å². The van der Waals surface area contributed by atoms with Crippen molar-refractivity contribution >= 4 is 29.4 Å². The second kappa shape index (κ2) is 9.85. The number of nitrogens with one attached hydrogen (secondary N) is 2. The molecule has 32 heavy (non-hydrogen) atoms. The molecule has 0 bridgehead atoms. The third-order valence-corrected chi connectivity index (χ3v) is 4.36. The lowest BCUT2D eigenvalue weighted by atomic mass is 10.1. The van der Waals surface area contributed by atoms with Gasteiger partial charge in [-0.3, -0.25) is 19.7 Å². The summed E-state index contributed by atoms with van der Waals surface area (Å²) in [5.41, 5.74) is 2.77. The molecular weight excluding hydrogens is 416 g/mol. The molecule has 162 valence electrons. The average molecular weight is 434 g/mol. The molecule has 0 aliphatic rings. The maximum Gasteiger partial charge on any atom is 0.273 e. The SMILES string of the molecule is COc1ccccc1C(=O)Nc1ccccc1C(=O)NN=Cc1cc([N+](=O)[O-])ccc1O. The van der Waals surface area contributed by atoms with Crippen molar-refractivity contribution in [3.05, 3.63) is 93.5 Å². The first kappa shape index (κ1) is 22.0. The molecule has 3 aromatic carbocycles. The van der Waals surface area contributed by atoms with Crippen LogP contribution < -0.4 is 15.5 Å². The van der Waals surface area contributed by atoms with Gasteiger partial charge in [0.15, 0.2) is 0 Å². The van der Waals surface area contributed by atoms with E-state index in [0.717, 1.165) is 24.4 Å². The molecule has 3 rings (SSSR count). The van der Waals surface area contributed by atoms with Gasteiger partial charge in [0, 0.05) is 17.7 Å². The van der Waals surface area contributed by atoms with Crippen molar-refractivity contribution in [3.63, 3.8) is 0 Å². The smallest absolute Gasteiger partial charge is 0.273 e. The van der Waals surface area contributed by atoms with E-state index in [1.807, 2.05) is 0 Å². The van der Waals surface area contributed by atoms with Crippen molar-refractivity contribution in [2.75, 3.05) is 12.4 Å². The van der Waals surface area contributed by atoms with Gasteiger partial charge >= 0.3 is 0 Å². The number of hydrazone groups is 1. The lowest BCUT2D eigenvalue weighted by Crippen LogP contribution is -2.21. The zero-order valence-electron chi connectivity index (χ0n) is 16.8. The van der Waals surface area contributed by atoms with Gasteiger partial charge in [-0.1, -0.05) is 24.3 Å². The zero-order valence-corrected chi connectivity index (χ0v) is 16.8. The number of phenols is 1. The number of non-ortho nitro benzene ring substituents is 1. The van der Waals surface area contributed by atoms with Crippen molar-refractivity contribution in [3.8, 4) is 11.5 Å². The fourth-order valence-corrected chi connectivity index (χ4v) is 2.79. The van der Waals surface area contributed by atoms with E-state index in [1.54, 1.807) is 42.5 Å². The van der Waals surface area contributed by atoms with E-state index in [-0.39, 0.29) is 28.3 Å². The standard InChI is InChI=1S/C22H18N4O6/c1-32-20-9-5-3-7-17(20)21(28)24-18-8-4-2-6-16(18)22(29)25-23-13-14-12-15(26(30)31)10-11-19(14)27/h2-13,27H,1H3,(H,24,28)(H,25,29). The number of amides is 2. The van der Waals surface area contributed by atoms with Gasteiger partial charge in [0.25, 0.3) is 17.5 Å². The van der Waals surface area contributed by atoms with E-state index in [4.69, 9.17) is 4.74 Å².